The van der Waals surface area contributed by atoms with Gasteiger partial charge in [0.2, 0.25) is 0 Å². The Morgan fingerprint density at radius 1 is 1.03 bits per heavy atom. The molecule has 0 radical (unpaired) electrons. The van der Waals surface area contributed by atoms with Gasteiger partial charge in [0.1, 0.15) is 11.5 Å². The number of aliphatic hydroxyl groups excluding tert-OH is 1. The molecule has 1 atom stereocenters. The second-order valence-electron chi connectivity index (χ2n) is 7.70. The molecule has 1 aliphatic heterocycles. The number of ketones is 1. The summed E-state index contributed by atoms with van der Waals surface area (Å²) in [6, 6.07) is 21.3. The number of likely N-dealkylation sites (tertiary alicyclic amines) is 1. The first-order chi connectivity index (χ1) is 15.4. The molecule has 1 amide bonds. The minimum absolute atomic E-state index is 0.0887. The molecule has 0 spiro atoms. The lowest BCUT2D eigenvalue weighted by atomic mass is 9.94. The van der Waals surface area contributed by atoms with Gasteiger partial charge in [-0.3, -0.25) is 9.59 Å². The van der Waals surface area contributed by atoms with Gasteiger partial charge < -0.3 is 14.7 Å². The summed E-state index contributed by atoms with van der Waals surface area (Å²) in [7, 11) is 1.58. The number of amides is 1. The predicted octanol–water partition coefficient (Wildman–Crippen LogP) is 5.39. The second-order valence-corrected chi connectivity index (χ2v) is 8.62. The molecule has 32 heavy (non-hydrogen) atoms. The summed E-state index contributed by atoms with van der Waals surface area (Å²) in [6.07, 6.45) is 0. The van der Waals surface area contributed by atoms with Crippen LogP contribution in [0, 0.1) is 6.92 Å². The van der Waals surface area contributed by atoms with Crippen LogP contribution in [0.5, 0.6) is 5.75 Å². The number of aryl methyl sites for hydroxylation is 1. The standard InChI is InChI=1S/C26H22BrNO4/c1-16-5-3-7-19(13-16)23-22(24(29)18-9-11-20(27)12-10-18)25(30)26(31)28(23)15-17-6-4-8-21(14-17)32-2/h3-14,23,29H,15H2,1-2H3/b24-22-. The fourth-order valence-electron chi connectivity index (χ4n) is 3.96. The molecule has 4 rings (SSSR count). The summed E-state index contributed by atoms with van der Waals surface area (Å²) in [6.45, 7) is 2.16. The Kier molecular flexibility index (Phi) is 6.15. The van der Waals surface area contributed by atoms with E-state index < -0.39 is 17.7 Å². The van der Waals surface area contributed by atoms with Crippen molar-refractivity contribution in [2.24, 2.45) is 0 Å². The highest BCUT2D eigenvalue weighted by atomic mass is 79.9. The lowest BCUT2D eigenvalue weighted by Gasteiger charge is -2.26. The van der Waals surface area contributed by atoms with E-state index in [4.69, 9.17) is 4.74 Å². The Balaban J connectivity index is 1.85. The highest BCUT2D eigenvalue weighted by molar-refractivity contribution is 9.10. The van der Waals surface area contributed by atoms with Gasteiger partial charge >= 0.3 is 0 Å². The number of aliphatic hydroxyl groups is 1. The number of rotatable bonds is 5. The maximum Gasteiger partial charge on any atom is 0.295 e. The van der Waals surface area contributed by atoms with E-state index in [2.05, 4.69) is 15.9 Å². The molecule has 3 aromatic carbocycles. The van der Waals surface area contributed by atoms with E-state index in [0.717, 1.165) is 21.2 Å². The number of methoxy groups -OCH3 is 1. The summed E-state index contributed by atoms with van der Waals surface area (Å²) < 4.78 is 6.15. The largest absolute Gasteiger partial charge is 0.507 e. The van der Waals surface area contributed by atoms with Gasteiger partial charge in [0.15, 0.2) is 0 Å². The van der Waals surface area contributed by atoms with E-state index >= 15 is 0 Å². The van der Waals surface area contributed by atoms with Crippen molar-refractivity contribution < 1.29 is 19.4 Å². The van der Waals surface area contributed by atoms with Crippen molar-refractivity contribution in [3.05, 3.63) is 105 Å². The topological polar surface area (TPSA) is 66.8 Å². The van der Waals surface area contributed by atoms with Crippen LogP contribution in [0.4, 0.5) is 0 Å². The number of hydrogen-bond donors (Lipinski definition) is 1. The summed E-state index contributed by atoms with van der Waals surface area (Å²) in [5.41, 5.74) is 3.16. The number of halogens is 1. The molecule has 0 bridgehead atoms. The second kappa shape index (κ2) is 9.01. The fraction of sp³-hybridized carbons (Fsp3) is 0.154. The van der Waals surface area contributed by atoms with E-state index in [1.807, 2.05) is 55.5 Å². The van der Waals surface area contributed by atoms with Gasteiger partial charge in [-0.15, -0.1) is 0 Å². The van der Waals surface area contributed by atoms with Gasteiger partial charge in [-0.25, -0.2) is 0 Å². The Morgan fingerprint density at radius 2 is 1.75 bits per heavy atom. The third-order valence-electron chi connectivity index (χ3n) is 5.50. The fourth-order valence-corrected chi connectivity index (χ4v) is 4.22. The Labute approximate surface area is 195 Å². The molecule has 162 valence electrons. The SMILES string of the molecule is COc1cccc(CN2C(=O)C(=O)/C(=C(\O)c3ccc(Br)cc3)C2c2cccc(C)c2)c1. The summed E-state index contributed by atoms with van der Waals surface area (Å²) in [5, 5.41) is 11.1. The molecular formula is C26H22BrNO4. The molecule has 1 N–H and O–H groups in total. The van der Waals surface area contributed by atoms with Crippen LogP contribution in [0.3, 0.4) is 0 Å². The van der Waals surface area contributed by atoms with Gasteiger partial charge in [-0.05, 0) is 42.3 Å². The first-order valence-electron chi connectivity index (χ1n) is 10.1. The number of benzene rings is 3. The van der Waals surface area contributed by atoms with Crippen molar-refractivity contribution in [1.82, 2.24) is 4.90 Å². The Morgan fingerprint density at radius 3 is 2.44 bits per heavy atom. The third kappa shape index (κ3) is 4.18. The van der Waals surface area contributed by atoms with Crippen LogP contribution in [0.2, 0.25) is 0 Å². The predicted molar refractivity (Wildman–Crippen MR) is 126 cm³/mol. The van der Waals surface area contributed by atoms with E-state index in [0.29, 0.717) is 11.3 Å². The minimum atomic E-state index is -0.704. The van der Waals surface area contributed by atoms with E-state index in [1.54, 1.807) is 31.4 Å². The van der Waals surface area contributed by atoms with Gasteiger partial charge in [0.25, 0.3) is 11.7 Å². The maximum absolute atomic E-state index is 13.1. The zero-order chi connectivity index (χ0) is 22.8. The van der Waals surface area contributed by atoms with Crippen LogP contribution in [0.1, 0.15) is 28.3 Å². The van der Waals surface area contributed by atoms with Gasteiger partial charge in [0, 0.05) is 16.6 Å². The summed E-state index contributed by atoms with van der Waals surface area (Å²) in [5.74, 6) is -0.852. The number of hydrogen-bond acceptors (Lipinski definition) is 4. The van der Waals surface area contributed by atoms with Crippen LogP contribution in [0.15, 0.2) is 82.8 Å². The first kappa shape index (κ1) is 21.8. The molecule has 6 heteroatoms. The van der Waals surface area contributed by atoms with Crippen LogP contribution < -0.4 is 4.74 Å². The minimum Gasteiger partial charge on any atom is -0.507 e. The number of Topliss-reactive ketones (excluding diaryl/α,β-unsaturated/α-hetero) is 1. The van der Waals surface area contributed by atoms with Crippen molar-refractivity contribution in [1.29, 1.82) is 0 Å². The van der Waals surface area contributed by atoms with Crippen LogP contribution in [-0.4, -0.2) is 28.8 Å². The van der Waals surface area contributed by atoms with Crippen LogP contribution >= 0.6 is 15.9 Å². The average Bonchev–Trinajstić information content (AvgIpc) is 3.04. The molecule has 0 aromatic heterocycles. The lowest BCUT2D eigenvalue weighted by molar-refractivity contribution is -0.140. The smallest absolute Gasteiger partial charge is 0.295 e. The Hall–Kier alpha value is -3.38. The number of ether oxygens (including phenoxy) is 1. The molecule has 1 aliphatic rings. The summed E-state index contributed by atoms with van der Waals surface area (Å²) >= 11 is 3.38. The number of carbonyl (C=O) groups excluding carboxylic acids is 2. The molecule has 0 aliphatic carbocycles. The highest BCUT2D eigenvalue weighted by Crippen LogP contribution is 2.40. The molecule has 0 saturated carbocycles. The molecule has 3 aromatic rings. The van der Waals surface area contributed by atoms with E-state index in [-0.39, 0.29) is 17.9 Å². The maximum atomic E-state index is 13.1. The van der Waals surface area contributed by atoms with E-state index in [9.17, 15) is 14.7 Å². The zero-order valence-electron chi connectivity index (χ0n) is 17.7. The van der Waals surface area contributed by atoms with Crippen molar-refractivity contribution in [2.75, 3.05) is 7.11 Å². The van der Waals surface area contributed by atoms with Crippen LogP contribution in [0.25, 0.3) is 5.76 Å². The molecule has 1 heterocycles. The van der Waals surface area contributed by atoms with Gasteiger partial charge in [-0.1, -0.05) is 70.0 Å². The molecule has 5 nitrogen and oxygen atoms in total. The van der Waals surface area contributed by atoms with E-state index in [1.165, 1.54) is 4.90 Å². The normalized spacial score (nSPS) is 17.6. The third-order valence-corrected chi connectivity index (χ3v) is 6.03. The van der Waals surface area contributed by atoms with Crippen molar-refractivity contribution >= 4 is 33.4 Å². The Bertz CT molecular complexity index is 1220. The summed E-state index contributed by atoms with van der Waals surface area (Å²) in [4.78, 5) is 27.8. The van der Waals surface area contributed by atoms with Gasteiger partial charge in [0.05, 0.1) is 18.7 Å². The van der Waals surface area contributed by atoms with Gasteiger partial charge in [-0.2, -0.15) is 0 Å². The van der Waals surface area contributed by atoms with Crippen molar-refractivity contribution in [3.8, 4) is 5.75 Å². The van der Waals surface area contributed by atoms with Crippen molar-refractivity contribution in [2.45, 2.75) is 19.5 Å². The molecular weight excluding hydrogens is 470 g/mol. The van der Waals surface area contributed by atoms with Crippen molar-refractivity contribution in [3.63, 3.8) is 0 Å². The quantitative estimate of drug-likeness (QED) is 0.295. The molecule has 1 unspecified atom stereocenters. The zero-order valence-corrected chi connectivity index (χ0v) is 19.3. The lowest BCUT2D eigenvalue weighted by Crippen LogP contribution is -2.29. The number of nitrogens with zero attached hydrogens (tertiary/aromatic N) is 1. The highest BCUT2D eigenvalue weighted by Gasteiger charge is 2.46. The number of carbonyl (C=O) groups is 2. The average molecular weight is 492 g/mol. The first-order valence-corrected chi connectivity index (χ1v) is 10.9. The molecule has 1 saturated heterocycles. The van der Waals surface area contributed by atoms with Crippen LogP contribution in [-0.2, 0) is 16.1 Å². The monoisotopic (exact) mass is 491 g/mol. The molecule has 1 fully saturated rings.